The second kappa shape index (κ2) is 6.81. The Hall–Kier alpha value is -0.670. The highest BCUT2D eigenvalue weighted by atomic mass is 79.9. The molecule has 3 heteroatoms. The molecule has 16 heavy (non-hydrogen) atoms. The first-order valence-corrected chi connectivity index (χ1v) is 6.31. The zero-order chi connectivity index (χ0) is 12.0. The third-order valence-corrected chi connectivity index (χ3v) is 2.87. The van der Waals surface area contributed by atoms with Crippen molar-refractivity contribution >= 4 is 22.0 Å². The van der Waals surface area contributed by atoms with E-state index in [1.54, 1.807) is 6.07 Å². The van der Waals surface area contributed by atoms with E-state index in [9.17, 15) is 4.39 Å². The Bertz CT molecular complexity index is 374. The lowest BCUT2D eigenvalue weighted by Crippen LogP contribution is -2.15. The van der Waals surface area contributed by atoms with Crippen LogP contribution in [0.15, 0.2) is 28.2 Å². The van der Waals surface area contributed by atoms with Crippen LogP contribution in [0.25, 0.3) is 6.08 Å². The number of nitrogens with one attached hydrogen (secondary N) is 1. The third-order valence-electron chi connectivity index (χ3n) is 2.38. The number of rotatable bonds is 5. The Morgan fingerprint density at radius 1 is 1.44 bits per heavy atom. The average Bonchev–Trinajstić information content (AvgIpc) is 2.27. The summed E-state index contributed by atoms with van der Waals surface area (Å²) in [5.74, 6) is -0.183. The number of likely N-dealkylation sites (N-methyl/N-ethyl adjacent to an activating group) is 1. The third kappa shape index (κ3) is 4.06. The normalized spacial score (nSPS) is 11.9. The number of hydrogen-bond donors (Lipinski definition) is 1. The molecule has 0 amide bonds. The van der Waals surface area contributed by atoms with Gasteiger partial charge in [-0.15, -0.1) is 0 Å². The van der Waals surface area contributed by atoms with Crippen LogP contribution >= 0.6 is 15.9 Å². The lowest BCUT2D eigenvalue weighted by atomic mass is 10.1. The first kappa shape index (κ1) is 13.4. The summed E-state index contributed by atoms with van der Waals surface area (Å²) in [7, 11) is 0. The molecule has 0 aliphatic heterocycles. The second-order valence-electron chi connectivity index (χ2n) is 3.60. The van der Waals surface area contributed by atoms with E-state index in [-0.39, 0.29) is 5.82 Å². The predicted molar refractivity (Wildman–Crippen MR) is 70.9 cm³/mol. The van der Waals surface area contributed by atoms with Gasteiger partial charge in [0.05, 0.1) is 0 Å². The summed E-state index contributed by atoms with van der Waals surface area (Å²) in [4.78, 5) is 0. The molecular weight excluding hydrogens is 269 g/mol. The van der Waals surface area contributed by atoms with Crippen LogP contribution in [0.2, 0.25) is 0 Å². The molecule has 1 aromatic rings. The predicted octanol–water partition coefficient (Wildman–Crippen LogP) is 3.99. The van der Waals surface area contributed by atoms with Crippen LogP contribution < -0.4 is 5.32 Å². The Kier molecular flexibility index (Phi) is 5.71. The molecule has 0 unspecified atom stereocenters. The highest BCUT2D eigenvalue weighted by Gasteiger charge is 2.01. The molecular formula is C13H17BrFN. The van der Waals surface area contributed by atoms with Crippen molar-refractivity contribution in [3.63, 3.8) is 0 Å². The fourth-order valence-electron chi connectivity index (χ4n) is 1.40. The lowest BCUT2D eigenvalue weighted by Gasteiger charge is -2.06. The molecule has 0 aromatic heterocycles. The highest BCUT2D eigenvalue weighted by Crippen LogP contribution is 2.18. The zero-order valence-electron chi connectivity index (χ0n) is 9.69. The maximum Gasteiger partial charge on any atom is 0.131 e. The van der Waals surface area contributed by atoms with Gasteiger partial charge in [0.25, 0.3) is 0 Å². The summed E-state index contributed by atoms with van der Waals surface area (Å²) in [6.07, 6.45) is 2.85. The molecule has 0 heterocycles. The fourth-order valence-corrected chi connectivity index (χ4v) is 1.74. The van der Waals surface area contributed by atoms with Crippen molar-refractivity contribution in [2.24, 2.45) is 0 Å². The van der Waals surface area contributed by atoms with E-state index in [0.29, 0.717) is 5.56 Å². The van der Waals surface area contributed by atoms with E-state index in [2.05, 4.69) is 35.1 Å². The maximum atomic E-state index is 13.6. The van der Waals surface area contributed by atoms with Gasteiger partial charge in [0.15, 0.2) is 0 Å². The van der Waals surface area contributed by atoms with Crippen LogP contribution in [0.5, 0.6) is 0 Å². The van der Waals surface area contributed by atoms with E-state index < -0.39 is 0 Å². The Morgan fingerprint density at radius 3 is 2.75 bits per heavy atom. The summed E-state index contributed by atoms with van der Waals surface area (Å²) in [5.41, 5.74) is 1.86. The molecule has 0 aliphatic carbocycles. The Balaban J connectivity index is 2.86. The van der Waals surface area contributed by atoms with Crippen molar-refractivity contribution < 1.29 is 4.39 Å². The Morgan fingerprint density at radius 2 is 2.19 bits per heavy atom. The largest absolute Gasteiger partial charge is 0.313 e. The van der Waals surface area contributed by atoms with Gasteiger partial charge >= 0.3 is 0 Å². The van der Waals surface area contributed by atoms with Crippen molar-refractivity contribution in [1.82, 2.24) is 5.32 Å². The molecule has 1 aromatic carbocycles. The van der Waals surface area contributed by atoms with Crippen molar-refractivity contribution in [2.75, 3.05) is 13.1 Å². The van der Waals surface area contributed by atoms with Gasteiger partial charge < -0.3 is 5.32 Å². The number of benzene rings is 1. The van der Waals surface area contributed by atoms with Gasteiger partial charge in [-0.25, -0.2) is 4.39 Å². The first-order chi connectivity index (χ1) is 7.67. The molecule has 0 bridgehead atoms. The van der Waals surface area contributed by atoms with Crippen LogP contribution in [0.1, 0.15) is 25.8 Å². The van der Waals surface area contributed by atoms with E-state index in [4.69, 9.17) is 0 Å². The molecule has 0 spiro atoms. The average molecular weight is 286 g/mol. The summed E-state index contributed by atoms with van der Waals surface area (Å²) in [6, 6.07) is 5.14. The minimum absolute atomic E-state index is 0.183. The summed E-state index contributed by atoms with van der Waals surface area (Å²) >= 11 is 3.25. The van der Waals surface area contributed by atoms with Gasteiger partial charge in [0.2, 0.25) is 0 Å². The smallest absolute Gasteiger partial charge is 0.131 e. The number of hydrogen-bond acceptors (Lipinski definition) is 1. The van der Waals surface area contributed by atoms with E-state index in [1.165, 1.54) is 11.6 Å². The van der Waals surface area contributed by atoms with Gasteiger partial charge in [-0.1, -0.05) is 47.5 Å². The second-order valence-corrected chi connectivity index (χ2v) is 4.52. The molecule has 0 aliphatic rings. The molecule has 0 radical (unpaired) electrons. The van der Waals surface area contributed by atoms with Gasteiger partial charge in [-0.05, 0) is 25.1 Å². The SMILES string of the molecule is CCNCC(=Cc1ccc(Br)cc1F)CC. The van der Waals surface area contributed by atoms with E-state index in [0.717, 1.165) is 24.0 Å². The molecule has 0 atom stereocenters. The summed E-state index contributed by atoms with van der Waals surface area (Å²) in [6.45, 7) is 5.90. The summed E-state index contributed by atoms with van der Waals surface area (Å²) < 4.78 is 14.3. The minimum atomic E-state index is -0.183. The fraction of sp³-hybridized carbons (Fsp3) is 0.385. The van der Waals surface area contributed by atoms with Crippen LogP contribution in [0.3, 0.4) is 0 Å². The van der Waals surface area contributed by atoms with Crippen molar-refractivity contribution in [1.29, 1.82) is 0 Å². The van der Waals surface area contributed by atoms with E-state index >= 15 is 0 Å². The van der Waals surface area contributed by atoms with Crippen LogP contribution in [-0.2, 0) is 0 Å². The number of halogens is 2. The molecule has 1 N–H and O–H groups in total. The molecule has 1 nitrogen and oxygen atoms in total. The molecule has 1 rings (SSSR count). The van der Waals surface area contributed by atoms with Gasteiger partial charge in [-0.3, -0.25) is 0 Å². The highest BCUT2D eigenvalue weighted by molar-refractivity contribution is 9.10. The van der Waals surface area contributed by atoms with Crippen LogP contribution in [0, 0.1) is 5.82 Å². The van der Waals surface area contributed by atoms with Crippen molar-refractivity contribution in [3.05, 3.63) is 39.6 Å². The monoisotopic (exact) mass is 285 g/mol. The van der Waals surface area contributed by atoms with Gasteiger partial charge in [0, 0.05) is 16.6 Å². The van der Waals surface area contributed by atoms with Crippen LogP contribution in [-0.4, -0.2) is 13.1 Å². The first-order valence-electron chi connectivity index (χ1n) is 5.52. The molecule has 88 valence electrons. The van der Waals surface area contributed by atoms with Crippen LogP contribution in [0.4, 0.5) is 4.39 Å². The van der Waals surface area contributed by atoms with Gasteiger partial charge in [0.1, 0.15) is 5.82 Å². The zero-order valence-corrected chi connectivity index (χ0v) is 11.3. The van der Waals surface area contributed by atoms with E-state index in [1.807, 2.05) is 12.1 Å². The molecule has 0 saturated carbocycles. The maximum absolute atomic E-state index is 13.6. The van der Waals surface area contributed by atoms with Gasteiger partial charge in [-0.2, -0.15) is 0 Å². The Labute approximate surface area is 105 Å². The molecule has 0 saturated heterocycles. The minimum Gasteiger partial charge on any atom is -0.313 e. The van der Waals surface area contributed by atoms with Crippen molar-refractivity contribution in [3.8, 4) is 0 Å². The summed E-state index contributed by atoms with van der Waals surface area (Å²) in [5, 5.41) is 3.25. The lowest BCUT2D eigenvalue weighted by molar-refractivity contribution is 0.624. The quantitative estimate of drug-likeness (QED) is 0.863. The topological polar surface area (TPSA) is 12.0 Å². The van der Waals surface area contributed by atoms with Crippen molar-refractivity contribution in [2.45, 2.75) is 20.3 Å². The molecule has 0 fully saturated rings. The standard InChI is InChI=1S/C13H17BrFN/c1-3-10(9-16-4-2)7-11-5-6-12(14)8-13(11)15/h5-8,16H,3-4,9H2,1-2H3.